The van der Waals surface area contributed by atoms with Gasteiger partial charge >= 0.3 is 0 Å². The predicted octanol–water partition coefficient (Wildman–Crippen LogP) is 0.791. The van der Waals surface area contributed by atoms with Crippen molar-refractivity contribution in [2.75, 3.05) is 19.7 Å². The Hall–Kier alpha value is -1.01. The maximum Gasteiger partial charge on any atom is 0.298 e. The maximum absolute atomic E-state index is 11.5. The lowest BCUT2D eigenvalue weighted by molar-refractivity contribution is -0.124. The summed E-state index contributed by atoms with van der Waals surface area (Å²) in [5.74, 6) is 5.54. The third-order valence-corrected chi connectivity index (χ3v) is 2.66. The molecule has 76 valence electrons. The Kier molecular flexibility index (Phi) is 3.05. The topological polar surface area (TPSA) is 29.5 Å². The van der Waals surface area contributed by atoms with Crippen molar-refractivity contribution < 1.29 is 9.53 Å². The van der Waals surface area contributed by atoms with Gasteiger partial charge in [0.15, 0.2) is 0 Å². The van der Waals surface area contributed by atoms with Crippen LogP contribution in [0.1, 0.15) is 25.7 Å². The van der Waals surface area contributed by atoms with Gasteiger partial charge in [-0.15, -0.1) is 0 Å². The summed E-state index contributed by atoms with van der Waals surface area (Å²) in [5, 5.41) is 0. The van der Waals surface area contributed by atoms with Gasteiger partial charge in [-0.1, -0.05) is 5.92 Å². The van der Waals surface area contributed by atoms with Crippen LogP contribution in [-0.4, -0.2) is 36.6 Å². The average molecular weight is 193 g/mol. The van der Waals surface area contributed by atoms with E-state index in [1.165, 1.54) is 0 Å². The molecule has 2 saturated heterocycles. The van der Waals surface area contributed by atoms with Crippen LogP contribution >= 0.6 is 0 Å². The molecule has 1 atom stereocenters. The summed E-state index contributed by atoms with van der Waals surface area (Å²) < 4.78 is 5.32. The fourth-order valence-corrected chi connectivity index (χ4v) is 1.83. The number of hydrogen-bond donors (Lipinski definition) is 0. The molecule has 2 heterocycles. The zero-order valence-electron chi connectivity index (χ0n) is 8.29. The Labute approximate surface area is 84.4 Å². The molecule has 3 heteroatoms. The Morgan fingerprint density at radius 3 is 2.71 bits per heavy atom. The molecule has 0 N–H and O–H groups in total. The van der Waals surface area contributed by atoms with E-state index >= 15 is 0 Å². The second-order valence-corrected chi connectivity index (χ2v) is 3.77. The highest BCUT2D eigenvalue weighted by molar-refractivity contribution is 5.93. The van der Waals surface area contributed by atoms with Crippen LogP contribution in [0.15, 0.2) is 0 Å². The monoisotopic (exact) mass is 193 g/mol. The highest BCUT2D eigenvalue weighted by Crippen LogP contribution is 2.11. The van der Waals surface area contributed by atoms with Crippen molar-refractivity contribution in [2.24, 2.45) is 0 Å². The second kappa shape index (κ2) is 4.47. The molecule has 0 saturated carbocycles. The highest BCUT2D eigenvalue weighted by Gasteiger charge is 2.17. The summed E-state index contributed by atoms with van der Waals surface area (Å²) >= 11 is 0. The molecule has 2 rings (SSSR count). The van der Waals surface area contributed by atoms with Crippen molar-refractivity contribution in [2.45, 2.75) is 31.8 Å². The molecule has 0 aromatic rings. The van der Waals surface area contributed by atoms with Crippen molar-refractivity contribution in [3.63, 3.8) is 0 Å². The first-order valence-electron chi connectivity index (χ1n) is 5.28. The molecule has 0 aliphatic carbocycles. The third kappa shape index (κ3) is 2.27. The minimum Gasteiger partial charge on any atom is -0.366 e. The fraction of sp³-hybridized carbons (Fsp3) is 0.727. The largest absolute Gasteiger partial charge is 0.366 e. The lowest BCUT2D eigenvalue weighted by Gasteiger charge is -2.09. The molecule has 1 amide bonds. The molecule has 0 bridgehead atoms. The Morgan fingerprint density at radius 1 is 1.29 bits per heavy atom. The van der Waals surface area contributed by atoms with E-state index in [2.05, 4.69) is 11.8 Å². The number of hydrogen-bond acceptors (Lipinski definition) is 2. The van der Waals surface area contributed by atoms with E-state index in [4.69, 9.17) is 4.74 Å². The van der Waals surface area contributed by atoms with E-state index in [0.29, 0.717) is 0 Å². The minimum atomic E-state index is -0.0296. The Bertz CT molecular complexity index is 265. The van der Waals surface area contributed by atoms with Gasteiger partial charge < -0.3 is 9.64 Å². The van der Waals surface area contributed by atoms with Crippen LogP contribution in [0.5, 0.6) is 0 Å². The Morgan fingerprint density at radius 2 is 2.07 bits per heavy atom. The molecule has 14 heavy (non-hydrogen) atoms. The van der Waals surface area contributed by atoms with Crippen LogP contribution in [0.3, 0.4) is 0 Å². The number of amides is 1. The minimum absolute atomic E-state index is 0.00144. The van der Waals surface area contributed by atoms with Gasteiger partial charge in [0.25, 0.3) is 5.91 Å². The number of carbonyl (C=O) groups excluding carboxylic acids is 1. The molecule has 0 aromatic carbocycles. The number of likely N-dealkylation sites (tertiary alicyclic amines) is 1. The number of rotatable bonds is 0. The van der Waals surface area contributed by atoms with Crippen LogP contribution in [0.25, 0.3) is 0 Å². The number of ether oxygens (including phenoxy) is 1. The molecule has 1 unspecified atom stereocenters. The predicted molar refractivity (Wildman–Crippen MR) is 52.6 cm³/mol. The van der Waals surface area contributed by atoms with Gasteiger partial charge in [0.2, 0.25) is 0 Å². The SMILES string of the molecule is O=C(C#CC1CCCO1)N1CCCC1. The molecule has 0 radical (unpaired) electrons. The Balaban J connectivity index is 1.85. The first-order valence-corrected chi connectivity index (χ1v) is 5.28. The average Bonchev–Trinajstić information content (AvgIpc) is 2.87. The van der Waals surface area contributed by atoms with Crippen molar-refractivity contribution in [3.05, 3.63) is 0 Å². The van der Waals surface area contributed by atoms with Crippen LogP contribution in [0.4, 0.5) is 0 Å². The highest BCUT2D eigenvalue weighted by atomic mass is 16.5. The van der Waals surface area contributed by atoms with E-state index in [1.54, 1.807) is 0 Å². The molecule has 2 fully saturated rings. The molecule has 0 spiro atoms. The van der Waals surface area contributed by atoms with Gasteiger partial charge in [0.1, 0.15) is 6.10 Å². The van der Waals surface area contributed by atoms with Crippen LogP contribution in [-0.2, 0) is 9.53 Å². The van der Waals surface area contributed by atoms with Crippen LogP contribution in [0, 0.1) is 11.8 Å². The summed E-state index contributed by atoms with van der Waals surface area (Å²) in [6.07, 6.45) is 4.28. The molecule has 2 aliphatic rings. The smallest absolute Gasteiger partial charge is 0.298 e. The van der Waals surface area contributed by atoms with E-state index < -0.39 is 0 Å². The van der Waals surface area contributed by atoms with Crippen molar-refractivity contribution in [1.29, 1.82) is 0 Å². The summed E-state index contributed by atoms with van der Waals surface area (Å²) in [6, 6.07) is 0. The first-order chi connectivity index (χ1) is 6.86. The van der Waals surface area contributed by atoms with Crippen LogP contribution < -0.4 is 0 Å². The number of carbonyl (C=O) groups is 1. The molecule has 2 aliphatic heterocycles. The quantitative estimate of drug-likeness (QED) is 0.532. The third-order valence-electron chi connectivity index (χ3n) is 2.66. The number of nitrogens with zero attached hydrogens (tertiary/aromatic N) is 1. The van der Waals surface area contributed by atoms with Gasteiger partial charge in [-0.05, 0) is 31.6 Å². The van der Waals surface area contributed by atoms with Gasteiger partial charge in [0, 0.05) is 19.7 Å². The van der Waals surface area contributed by atoms with Crippen molar-refractivity contribution in [1.82, 2.24) is 4.90 Å². The molecular formula is C11H15NO2. The lowest BCUT2D eigenvalue weighted by atomic mass is 10.2. The first kappa shape index (κ1) is 9.54. The van der Waals surface area contributed by atoms with Crippen LogP contribution in [0.2, 0.25) is 0 Å². The molecule has 3 nitrogen and oxygen atoms in total. The standard InChI is InChI=1S/C11H15NO2/c13-11(12-7-1-2-8-12)6-5-10-4-3-9-14-10/h10H,1-4,7-9H2. The lowest BCUT2D eigenvalue weighted by Crippen LogP contribution is -2.26. The fourth-order valence-electron chi connectivity index (χ4n) is 1.83. The zero-order valence-corrected chi connectivity index (χ0v) is 8.29. The van der Waals surface area contributed by atoms with E-state index in [-0.39, 0.29) is 12.0 Å². The van der Waals surface area contributed by atoms with Crippen molar-refractivity contribution >= 4 is 5.91 Å². The summed E-state index contributed by atoms with van der Waals surface area (Å²) in [6.45, 7) is 2.54. The molecule has 0 aromatic heterocycles. The summed E-state index contributed by atoms with van der Waals surface area (Å²) in [5.41, 5.74) is 0. The van der Waals surface area contributed by atoms with E-state index in [0.717, 1.165) is 45.4 Å². The summed E-state index contributed by atoms with van der Waals surface area (Å²) in [7, 11) is 0. The normalized spacial score (nSPS) is 26.0. The zero-order chi connectivity index (χ0) is 9.80. The maximum atomic E-state index is 11.5. The summed E-state index contributed by atoms with van der Waals surface area (Å²) in [4.78, 5) is 13.3. The van der Waals surface area contributed by atoms with E-state index in [9.17, 15) is 4.79 Å². The second-order valence-electron chi connectivity index (χ2n) is 3.77. The van der Waals surface area contributed by atoms with Gasteiger partial charge in [0.05, 0.1) is 0 Å². The van der Waals surface area contributed by atoms with Gasteiger partial charge in [-0.25, -0.2) is 0 Å². The van der Waals surface area contributed by atoms with E-state index in [1.807, 2.05) is 4.90 Å². The van der Waals surface area contributed by atoms with Gasteiger partial charge in [-0.3, -0.25) is 4.79 Å². The van der Waals surface area contributed by atoms with Crippen molar-refractivity contribution in [3.8, 4) is 11.8 Å². The van der Waals surface area contributed by atoms with Gasteiger partial charge in [-0.2, -0.15) is 0 Å². The molecular weight excluding hydrogens is 178 g/mol.